The van der Waals surface area contributed by atoms with Gasteiger partial charge in [0.25, 0.3) is 6.02 Å². The van der Waals surface area contributed by atoms with Crippen molar-refractivity contribution in [1.29, 1.82) is 10.8 Å². The van der Waals surface area contributed by atoms with Crippen LogP contribution in [0.5, 0.6) is 0 Å². The number of ether oxygens (including phenoxy) is 1. The van der Waals surface area contributed by atoms with Crippen LogP contribution >= 0.6 is 0 Å². The number of nitrogens with two attached hydrogens (primary N) is 1. The third kappa shape index (κ3) is 6.66. The molecule has 0 rings (SSSR count). The number of rotatable bonds is 4. The second kappa shape index (κ2) is 6.26. The van der Waals surface area contributed by atoms with E-state index in [4.69, 9.17) is 21.3 Å². The number of amidine groups is 1. The standard InChI is InChI=1S/C6H15N5O/c1-10-6(9)12-4-2-3-11-5(7)8/h2-4H2,1H3,(H2,9,10)(H4,7,8,11). The van der Waals surface area contributed by atoms with Gasteiger partial charge in [-0.3, -0.25) is 10.8 Å². The lowest BCUT2D eigenvalue weighted by atomic mass is 10.4. The fourth-order valence-electron chi connectivity index (χ4n) is 0.542. The largest absolute Gasteiger partial charge is 0.465 e. The molecule has 0 aliphatic heterocycles. The van der Waals surface area contributed by atoms with Gasteiger partial charge in [0.2, 0.25) is 0 Å². The summed E-state index contributed by atoms with van der Waals surface area (Å²) in [5.74, 6) is -0.0429. The molecule has 6 nitrogen and oxygen atoms in total. The molecule has 0 aliphatic carbocycles. The van der Waals surface area contributed by atoms with E-state index in [1.165, 1.54) is 0 Å². The molecule has 0 heterocycles. The molecule has 0 aromatic carbocycles. The van der Waals surface area contributed by atoms with Crippen molar-refractivity contribution in [2.45, 2.75) is 6.42 Å². The number of guanidine groups is 1. The summed E-state index contributed by atoms with van der Waals surface area (Å²) in [5, 5.41) is 19.0. The zero-order valence-corrected chi connectivity index (χ0v) is 7.11. The summed E-state index contributed by atoms with van der Waals surface area (Å²) in [6.45, 7) is 1.03. The Bertz CT molecular complexity index is 158. The van der Waals surface area contributed by atoms with Gasteiger partial charge in [-0.15, -0.1) is 0 Å². The molecule has 70 valence electrons. The Morgan fingerprint density at radius 2 is 2.17 bits per heavy atom. The average Bonchev–Trinajstić information content (AvgIpc) is 2.03. The first-order valence-corrected chi connectivity index (χ1v) is 3.64. The van der Waals surface area contributed by atoms with Gasteiger partial charge in [-0.25, -0.2) is 0 Å². The smallest absolute Gasteiger partial charge is 0.281 e. The van der Waals surface area contributed by atoms with Crippen molar-refractivity contribution in [3.8, 4) is 0 Å². The van der Waals surface area contributed by atoms with Crippen LogP contribution in [-0.2, 0) is 4.74 Å². The summed E-state index contributed by atoms with van der Waals surface area (Å²) in [6.07, 6.45) is 0.712. The molecule has 6 N–H and O–H groups in total. The molecule has 0 aliphatic rings. The van der Waals surface area contributed by atoms with Crippen molar-refractivity contribution in [2.75, 3.05) is 20.2 Å². The second-order valence-corrected chi connectivity index (χ2v) is 2.12. The molecule has 0 atom stereocenters. The zero-order valence-electron chi connectivity index (χ0n) is 7.11. The number of hydrogen-bond acceptors (Lipinski definition) is 3. The summed E-state index contributed by atoms with van der Waals surface area (Å²) in [5.41, 5.74) is 5.04. The average molecular weight is 173 g/mol. The fraction of sp³-hybridized carbons (Fsp3) is 0.667. The summed E-state index contributed by atoms with van der Waals surface area (Å²) < 4.78 is 4.89. The van der Waals surface area contributed by atoms with Crippen molar-refractivity contribution >= 4 is 12.0 Å². The Kier molecular flexibility index (Phi) is 5.50. The van der Waals surface area contributed by atoms with Gasteiger partial charge in [-0.05, 0) is 6.42 Å². The molecule has 0 fully saturated rings. The Morgan fingerprint density at radius 1 is 1.50 bits per heavy atom. The minimum Gasteiger partial charge on any atom is -0.465 e. The molecule has 0 saturated carbocycles. The van der Waals surface area contributed by atoms with Gasteiger partial charge in [0.1, 0.15) is 0 Å². The summed E-state index contributed by atoms with van der Waals surface area (Å²) >= 11 is 0. The van der Waals surface area contributed by atoms with E-state index < -0.39 is 0 Å². The van der Waals surface area contributed by atoms with E-state index in [0.29, 0.717) is 19.6 Å². The van der Waals surface area contributed by atoms with Gasteiger partial charge in [0, 0.05) is 13.6 Å². The normalized spacial score (nSPS) is 8.75. The molecule has 0 spiro atoms. The molecular formula is C6H15N5O. The predicted octanol–water partition coefficient (Wildman–Crippen LogP) is -0.970. The van der Waals surface area contributed by atoms with Crippen LogP contribution in [0.3, 0.4) is 0 Å². The van der Waals surface area contributed by atoms with Crippen molar-refractivity contribution in [3.63, 3.8) is 0 Å². The summed E-state index contributed by atoms with van der Waals surface area (Å²) in [4.78, 5) is 0. The third-order valence-corrected chi connectivity index (χ3v) is 1.11. The molecule has 0 aromatic heterocycles. The fourth-order valence-corrected chi connectivity index (χ4v) is 0.542. The molecule has 0 unspecified atom stereocenters. The first-order chi connectivity index (χ1) is 5.66. The Hall–Kier alpha value is -1.46. The maximum absolute atomic E-state index is 7.04. The highest BCUT2D eigenvalue weighted by Crippen LogP contribution is 1.79. The van der Waals surface area contributed by atoms with Crippen LogP contribution in [0.2, 0.25) is 0 Å². The van der Waals surface area contributed by atoms with E-state index in [9.17, 15) is 0 Å². The van der Waals surface area contributed by atoms with E-state index in [-0.39, 0.29) is 12.0 Å². The summed E-state index contributed by atoms with van der Waals surface area (Å²) in [6, 6.07) is 0.0535. The maximum Gasteiger partial charge on any atom is 0.281 e. The van der Waals surface area contributed by atoms with Gasteiger partial charge in [-0.1, -0.05) is 0 Å². The van der Waals surface area contributed by atoms with Crippen LogP contribution in [0.25, 0.3) is 0 Å². The van der Waals surface area contributed by atoms with Crippen molar-refractivity contribution in [2.24, 2.45) is 5.73 Å². The SMILES string of the molecule is CNC(=N)OCCCNC(=N)N. The van der Waals surface area contributed by atoms with Crippen LogP contribution in [0.4, 0.5) is 0 Å². The Labute approximate surface area is 71.5 Å². The van der Waals surface area contributed by atoms with Crippen LogP contribution in [0.15, 0.2) is 0 Å². The van der Waals surface area contributed by atoms with E-state index in [1.54, 1.807) is 7.05 Å². The van der Waals surface area contributed by atoms with Crippen LogP contribution in [0, 0.1) is 10.8 Å². The van der Waals surface area contributed by atoms with Crippen LogP contribution in [0.1, 0.15) is 6.42 Å². The molecule has 0 bridgehead atoms. The first kappa shape index (κ1) is 10.5. The van der Waals surface area contributed by atoms with Gasteiger partial charge in [0.15, 0.2) is 5.96 Å². The minimum absolute atomic E-state index is 0.0429. The monoisotopic (exact) mass is 173 g/mol. The van der Waals surface area contributed by atoms with E-state index in [0.717, 1.165) is 0 Å². The second-order valence-electron chi connectivity index (χ2n) is 2.12. The van der Waals surface area contributed by atoms with Gasteiger partial charge >= 0.3 is 0 Å². The number of hydrogen-bond donors (Lipinski definition) is 5. The van der Waals surface area contributed by atoms with Crippen LogP contribution < -0.4 is 16.4 Å². The first-order valence-electron chi connectivity index (χ1n) is 3.64. The lowest BCUT2D eigenvalue weighted by Gasteiger charge is -2.06. The Balaban J connectivity index is 3.11. The van der Waals surface area contributed by atoms with E-state index >= 15 is 0 Å². The lowest BCUT2D eigenvalue weighted by molar-refractivity contribution is 0.283. The zero-order chi connectivity index (χ0) is 9.40. The third-order valence-electron chi connectivity index (χ3n) is 1.11. The van der Waals surface area contributed by atoms with Crippen molar-refractivity contribution < 1.29 is 4.74 Å². The summed E-state index contributed by atoms with van der Waals surface area (Å²) in [7, 11) is 1.62. The van der Waals surface area contributed by atoms with Crippen molar-refractivity contribution in [3.05, 3.63) is 0 Å². The van der Waals surface area contributed by atoms with Crippen molar-refractivity contribution in [1.82, 2.24) is 10.6 Å². The van der Waals surface area contributed by atoms with Gasteiger partial charge in [0.05, 0.1) is 6.61 Å². The number of nitrogens with one attached hydrogen (secondary N) is 4. The highest BCUT2D eigenvalue weighted by molar-refractivity contribution is 5.74. The molecule has 6 heteroatoms. The molecule has 12 heavy (non-hydrogen) atoms. The molecule has 0 amide bonds. The lowest BCUT2D eigenvalue weighted by Crippen LogP contribution is -2.31. The Morgan fingerprint density at radius 3 is 2.67 bits per heavy atom. The topological polar surface area (TPSA) is 107 Å². The quantitative estimate of drug-likeness (QED) is 0.214. The molecule has 0 radical (unpaired) electrons. The predicted molar refractivity (Wildman–Crippen MR) is 47.3 cm³/mol. The molecular weight excluding hydrogens is 158 g/mol. The van der Waals surface area contributed by atoms with Crippen LogP contribution in [-0.4, -0.2) is 32.2 Å². The molecule has 0 aromatic rings. The van der Waals surface area contributed by atoms with E-state index in [1.807, 2.05) is 0 Å². The highest BCUT2D eigenvalue weighted by Gasteiger charge is 1.92. The highest BCUT2D eigenvalue weighted by atomic mass is 16.5. The maximum atomic E-state index is 7.04. The van der Waals surface area contributed by atoms with Gasteiger partial charge < -0.3 is 21.1 Å². The van der Waals surface area contributed by atoms with Gasteiger partial charge in [-0.2, -0.15) is 0 Å². The molecule has 0 saturated heterocycles. The minimum atomic E-state index is -0.0429. The van der Waals surface area contributed by atoms with E-state index in [2.05, 4.69) is 10.6 Å².